The van der Waals surface area contributed by atoms with Crippen molar-refractivity contribution in [2.24, 2.45) is 0 Å². The topological polar surface area (TPSA) is 101 Å². The molecule has 0 amide bonds. The molecule has 0 aromatic heterocycles. The Kier molecular flexibility index (Phi) is 4.80. The number of ether oxygens (including phenoxy) is 1. The van der Waals surface area contributed by atoms with Crippen molar-refractivity contribution in [1.82, 2.24) is 0 Å². The number of benzene rings is 1. The molecule has 1 rings (SSSR count). The standard InChI is InChI=1S/C14H12O6/c1-3-5-8-10(20-11(15)4-2)7-6-9(13(16)17)12(8)14(18)19/h3-4,6-7H,1-2,5H2,(H,16,17)(H,18,19). The van der Waals surface area contributed by atoms with Gasteiger partial charge in [-0.2, -0.15) is 0 Å². The van der Waals surface area contributed by atoms with Crippen LogP contribution in [0, 0.1) is 0 Å². The minimum Gasteiger partial charge on any atom is -0.478 e. The van der Waals surface area contributed by atoms with Crippen molar-refractivity contribution in [1.29, 1.82) is 0 Å². The Morgan fingerprint density at radius 3 is 2.25 bits per heavy atom. The first kappa shape index (κ1) is 15.2. The fourth-order valence-corrected chi connectivity index (χ4v) is 1.64. The summed E-state index contributed by atoms with van der Waals surface area (Å²) in [5.74, 6) is -3.60. The molecule has 1 aromatic rings. The molecule has 104 valence electrons. The summed E-state index contributed by atoms with van der Waals surface area (Å²) in [6.45, 7) is 6.70. The van der Waals surface area contributed by atoms with Crippen LogP contribution in [0.15, 0.2) is 37.4 Å². The molecular weight excluding hydrogens is 264 g/mol. The third-order valence-electron chi connectivity index (χ3n) is 2.44. The van der Waals surface area contributed by atoms with Gasteiger partial charge in [-0.25, -0.2) is 14.4 Å². The zero-order valence-corrected chi connectivity index (χ0v) is 10.5. The van der Waals surface area contributed by atoms with Crippen molar-refractivity contribution in [3.8, 4) is 5.75 Å². The average molecular weight is 276 g/mol. The molecule has 1 aromatic carbocycles. The van der Waals surface area contributed by atoms with Crippen molar-refractivity contribution in [2.75, 3.05) is 0 Å². The number of esters is 1. The maximum absolute atomic E-state index is 11.3. The number of hydrogen-bond acceptors (Lipinski definition) is 4. The molecule has 0 bridgehead atoms. The highest BCUT2D eigenvalue weighted by atomic mass is 16.5. The summed E-state index contributed by atoms with van der Waals surface area (Å²) in [6, 6.07) is 2.31. The fraction of sp³-hybridized carbons (Fsp3) is 0.0714. The Morgan fingerprint density at radius 1 is 1.15 bits per heavy atom. The second-order valence-electron chi connectivity index (χ2n) is 3.69. The minimum atomic E-state index is -1.42. The number of carboxylic acid groups (broad SMARTS) is 2. The molecule has 0 atom stereocenters. The number of carbonyl (C=O) groups is 3. The monoisotopic (exact) mass is 276 g/mol. The van der Waals surface area contributed by atoms with E-state index in [1.165, 1.54) is 12.1 Å². The van der Waals surface area contributed by atoms with E-state index in [-0.39, 0.29) is 23.3 Å². The van der Waals surface area contributed by atoms with Crippen LogP contribution in [0.25, 0.3) is 0 Å². The Labute approximate surface area is 114 Å². The van der Waals surface area contributed by atoms with Crippen molar-refractivity contribution < 1.29 is 29.3 Å². The number of carboxylic acids is 2. The van der Waals surface area contributed by atoms with Gasteiger partial charge in [-0.3, -0.25) is 0 Å². The van der Waals surface area contributed by atoms with Crippen LogP contribution in [0.5, 0.6) is 5.75 Å². The third-order valence-corrected chi connectivity index (χ3v) is 2.44. The zero-order chi connectivity index (χ0) is 15.3. The smallest absolute Gasteiger partial charge is 0.337 e. The minimum absolute atomic E-state index is 0.0304. The first-order valence-electron chi connectivity index (χ1n) is 5.50. The molecule has 20 heavy (non-hydrogen) atoms. The molecule has 0 radical (unpaired) electrons. The van der Waals surface area contributed by atoms with Crippen molar-refractivity contribution in [2.45, 2.75) is 6.42 Å². The molecule has 0 aliphatic carbocycles. The predicted octanol–water partition coefficient (Wildman–Crippen LogP) is 1.90. The molecular formula is C14H12O6. The first-order valence-corrected chi connectivity index (χ1v) is 5.50. The molecule has 0 aliphatic rings. The number of carbonyl (C=O) groups excluding carboxylic acids is 1. The van der Waals surface area contributed by atoms with Crippen molar-refractivity contribution in [3.63, 3.8) is 0 Å². The number of hydrogen-bond donors (Lipinski definition) is 2. The van der Waals surface area contributed by atoms with E-state index < -0.39 is 23.5 Å². The molecule has 0 fully saturated rings. The molecule has 0 aliphatic heterocycles. The Balaban J connectivity index is 3.54. The van der Waals surface area contributed by atoms with Crippen LogP contribution >= 0.6 is 0 Å². The lowest BCUT2D eigenvalue weighted by Gasteiger charge is -2.12. The summed E-state index contributed by atoms with van der Waals surface area (Å²) in [4.78, 5) is 33.5. The lowest BCUT2D eigenvalue weighted by atomic mass is 9.97. The van der Waals surface area contributed by atoms with Crippen LogP contribution in [-0.2, 0) is 11.2 Å². The molecule has 0 heterocycles. The van der Waals surface area contributed by atoms with Gasteiger partial charge >= 0.3 is 17.9 Å². The lowest BCUT2D eigenvalue weighted by molar-refractivity contribution is -0.129. The zero-order valence-electron chi connectivity index (χ0n) is 10.5. The SMILES string of the molecule is C=CCc1c(OC(=O)C=C)ccc(C(=O)O)c1C(=O)O. The summed E-state index contributed by atoms with van der Waals surface area (Å²) < 4.78 is 4.91. The highest BCUT2D eigenvalue weighted by Crippen LogP contribution is 2.27. The van der Waals surface area contributed by atoms with Crippen LogP contribution in [0.3, 0.4) is 0 Å². The van der Waals surface area contributed by atoms with Crippen LogP contribution < -0.4 is 4.74 Å². The van der Waals surface area contributed by atoms with Crippen LogP contribution in [0.2, 0.25) is 0 Å². The number of rotatable bonds is 6. The summed E-state index contributed by atoms with van der Waals surface area (Å²) in [7, 11) is 0. The lowest BCUT2D eigenvalue weighted by Crippen LogP contribution is -2.14. The van der Waals surface area contributed by atoms with E-state index in [0.717, 1.165) is 12.1 Å². The van der Waals surface area contributed by atoms with Gasteiger partial charge in [-0.15, -0.1) is 6.58 Å². The van der Waals surface area contributed by atoms with Gasteiger partial charge in [-0.1, -0.05) is 12.7 Å². The van der Waals surface area contributed by atoms with E-state index in [9.17, 15) is 19.5 Å². The number of allylic oxidation sites excluding steroid dienone is 1. The molecule has 6 nitrogen and oxygen atoms in total. The number of aromatic carboxylic acids is 2. The molecule has 0 spiro atoms. The molecule has 6 heteroatoms. The summed E-state index contributed by atoms with van der Waals surface area (Å²) in [6.07, 6.45) is 2.35. The maximum atomic E-state index is 11.3. The van der Waals surface area contributed by atoms with Crippen molar-refractivity contribution in [3.05, 3.63) is 54.1 Å². The summed E-state index contributed by atoms with van der Waals surface area (Å²) >= 11 is 0. The largest absolute Gasteiger partial charge is 0.478 e. The maximum Gasteiger partial charge on any atom is 0.337 e. The normalized spacial score (nSPS) is 9.60. The third kappa shape index (κ3) is 3.11. The van der Waals surface area contributed by atoms with E-state index >= 15 is 0 Å². The average Bonchev–Trinajstić information content (AvgIpc) is 2.39. The van der Waals surface area contributed by atoms with E-state index in [1.807, 2.05) is 0 Å². The van der Waals surface area contributed by atoms with Crippen LogP contribution in [0.1, 0.15) is 26.3 Å². The highest BCUT2D eigenvalue weighted by Gasteiger charge is 2.23. The van der Waals surface area contributed by atoms with Gasteiger partial charge in [0.15, 0.2) is 0 Å². The van der Waals surface area contributed by atoms with E-state index in [2.05, 4.69) is 13.2 Å². The Morgan fingerprint density at radius 2 is 1.80 bits per heavy atom. The second-order valence-corrected chi connectivity index (χ2v) is 3.69. The van der Waals surface area contributed by atoms with Crippen molar-refractivity contribution >= 4 is 17.9 Å². The van der Waals surface area contributed by atoms with Crippen LogP contribution in [0.4, 0.5) is 0 Å². The fourth-order valence-electron chi connectivity index (χ4n) is 1.64. The van der Waals surface area contributed by atoms with E-state index in [1.54, 1.807) is 0 Å². The summed E-state index contributed by atoms with van der Waals surface area (Å²) in [5.41, 5.74) is -0.734. The Bertz CT molecular complexity index is 600. The van der Waals surface area contributed by atoms with E-state index in [4.69, 9.17) is 9.84 Å². The van der Waals surface area contributed by atoms with Gasteiger partial charge in [-0.05, 0) is 18.6 Å². The van der Waals surface area contributed by atoms with Gasteiger partial charge in [0.2, 0.25) is 0 Å². The van der Waals surface area contributed by atoms with Gasteiger partial charge in [0, 0.05) is 11.6 Å². The highest BCUT2D eigenvalue weighted by molar-refractivity contribution is 6.03. The molecule has 0 unspecified atom stereocenters. The first-order chi connectivity index (χ1) is 9.42. The van der Waals surface area contributed by atoms with Gasteiger partial charge < -0.3 is 14.9 Å². The van der Waals surface area contributed by atoms with Gasteiger partial charge in [0.25, 0.3) is 0 Å². The van der Waals surface area contributed by atoms with Gasteiger partial charge in [0.1, 0.15) is 5.75 Å². The summed E-state index contributed by atoms with van der Waals surface area (Å²) in [5, 5.41) is 18.2. The van der Waals surface area contributed by atoms with E-state index in [0.29, 0.717) is 0 Å². The van der Waals surface area contributed by atoms with Gasteiger partial charge in [0.05, 0.1) is 11.1 Å². The predicted molar refractivity (Wildman–Crippen MR) is 70.1 cm³/mol. The second kappa shape index (κ2) is 6.33. The molecule has 2 N–H and O–H groups in total. The van der Waals surface area contributed by atoms with Crippen LogP contribution in [-0.4, -0.2) is 28.1 Å². The molecule has 0 saturated heterocycles. The Hall–Kier alpha value is -2.89. The molecule has 0 saturated carbocycles. The quantitative estimate of drug-likeness (QED) is 0.356.